The van der Waals surface area contributed by atoms with E-state index in [2.05, 4.69) is 6.92 Å². The van der Waals surface area contributed by atoms with Gasteiger partial charge in [0.15, 0.2) is 0 Å². The Labute approximate surface area is 178 Å². The maximum atomic E-state index is 13.6. The van der Waals surface area contributed by atoms with E-state index in [9.17, 15) is 19.7 Å². The molecule has 9 atom stereocenters. The SMILES string of the molecule is CCO[C@H]1C[C@@]2(C)[C@@H](CC[C@H]3[C@@H]4CC[C@H]([N+](=O)[O-])[C@@]4(C)CC(=O)[C@@H]32)C[C@@H]1OC(C)=O. The van der Waals surface area contributed by atoms with Crippen molar-refractivity contribution in [2.75, 3.05) is 6.61 Å². The highest BCUT2D eigenvalue weighted by Crippen LogP contribution is 2.65. The second-order valence-corrected chi connectivity index (χ2v) is 10.6. The van der Waals surface area contributed by atoms with E-state index in [1.807, 2.05) is 13.8 Å². The van der Waals surface area contributed by atoms with Gasteiger partial charge in [-0.3, -0.25) is 19.7 Å². The van der Waals surface area contributed by atoms with Crippen molar-refractivity contribution in [3.63, 3.8) is 0 Å². The summed E-state index contributed by atoms with van der Waals surface area (Å²) in [5.74, 6) is 0.617. The van der Waals surface area contributed by atoms with Crippen molar-refractivity contribution in [1.29, 1.82) is 0 Å². The summed E-state index contributed by atoms with van der Waals surface area (Å²) >= 11 is 0. The molecule has 0 aromatic heterocycles. The van der Waals surface area contributed by atoms with Crippen molar-refractivity contribution >= 4 is 11.8 Å². The zero-order chi connectivity index (χ0) is 21.8. The fraction of sp³-hybridized carbons (Fsp3) is 0.913. The third kappa shape index (κ3) is 3.19. The molecule has 0 amide bonds. The number of rotatable bonds is 4. The fourth-order valence-corrected chi connectivity index (χ4v) is 8.10. The molecule has 4 saturated carbocycles. The average molecular weight is 422 g/mol. The summed E-state index contributed by atoms with van der Waals surface area (Å²) in [7, 11) is 0. The number of carbonyl (C=O) groups is 2. The van der Waals surface area contributed by atoms with Crippen molar-refractivity contribution in [3.8, 4) is 0 Å². The van der Waals surface area contributed by atoms with E-state index >= 15 is 0 Å². The number of nitro groups is 1. The van der Waals surface area contributed by atoms with Crippen LogP contribution in [-0.4, -0.2) is 41.5 Å². The van der Waals surface area contributed by atoms with Gasteiger partial charge in [0.25, 0.3) is 0 Å². The Bertz CT molecular complexity index is 739. The van der Waals surface area contributed by atoms with Gasteiger partial charge in [0.2, 0.25) is 6.04 Å². The number of esters is 1. The third-order valence-corrected chi connectivity index (χ3v) is 9.22. The van der Waals surface area contributed by atoms with Crippen LogP contribution in [0.15, 0.2) is 0 Å². The number of carbonyl (C=O) groups excluding carboxylic acids is 2. The molecule has 0 N–H and O–H groups in total. The maximum absolute atomic E-state index is 13.6. The number of fused-ring (bicyclic) bond motifs is 5. The largest absolute Gasteiger partial charge is 0.460 e. The highest BCUT2D eigenvalue weighted by atomic mass is 16.6. The van der Waals surface area contributed by atoms with E-state index in [1.165, 1.54) is 6.92 Å². The Kier molecular flexibility index (Phi) is 5.48. The molecule has 4 fully saturated rings. The molecule has 7 nitrogen and oxygen atoms in total. The van der Waals surface area contributed by atoms with Gasteiger partial charge < -0.3 is 9.47 Å². The standard InChI is InChI=1S/C23H35NO6/c1-5-29-19-12-22(3)14(10-18(19)30-13(2)25)6-7-15-16-8-9-20(24(27)28)23(16,4)11-17(26)21(15)22/h14-16,18-21H,5-12H2,1-4H3/t14-,15-,16-,18-,19-,20-,21+,22-,23-/m0/s1. The fourth-order valence-electron chi connectivity index (χ4n) is 8.10. The van der Waals surface area contributed by atoms with Gasteiger partial charge in [-0.05, 0) is 62.2 Å². The van der Waals surface area contributed by atoms with Gasteiger partial charge in [0, 0.05) is 42.6 Å². The van der Waals surface area contributed by atoms with Crippen molar-refractivity contribution in [2.45, 2.75) is 90.9 Å². The van der Waals surface area contributed by atoms with E-state index < -0.39 is 11.5 Å². The smallest absolute Gasteiger partial charge is 0.302 e. The Hall–Kier alpha value is -1.50. The summed E-state index contributed by atoms with van der Waals surface area (Å²) in [5, 5.41) is 11.7. The lowest BCUT2D eigenvalue weighted by molar-refractivity contribution is -0.539. The Morgan fingerprint density at radius 1 is 1.17 bits per heavy atom. The van der Waals surface area contributed by atoms with Crippen LogP contribution in [0.5, 0.6) is 0 Å². The number of hydrogen-bond donors (Lipinski definition) is 0. The minimum Gasteiger partial charge on any atom is -0.460 e. The molecule has 0 heterocycles. The summed E-state index contributed by atoms with van der Waals surface area (Å²) < 4.78 is 11.6. The third-order valence-electron chi connectivity index (χ3n) is 9.22. The molecular weight excluding hydrogens is 386 g/mol. The molecule has 0 unspecified atom stereocenters. The van der Waals surface area contributed by atoms with Crippen LogP contribution >= 0.6 is 0 Å². The predicted molar refractivity (Wildman–Crippen MR) is 109 cm³/mol. The van der Waals surface area contributed by atoms with Crippen LogP contribution in [0.1, 0.15) is 72.6 Å². The predicted octanol–water partition coefficient (Wildman–Crippen LogP) is 3.80. The lowest BCUT2D eigenvalue weighted by Gasteiger charge is -2.60. The molecule has 4 aliphatic carbocycles. The molecule has 0 aromatic rings. The number of ketones is 1. The second-order valence-electron chi connectivity index (χ2n) is 10.6. The number of nitrogens with zero attached hydrogens (tertiary/aromatic N) is 1. The average Bonchev–Trinajstić information content (AvgIpc) is 2.98. The van der Waals surface area contributed by atoms with Gasteiger partial charge in [-0.15, -0.1) is 0 Å². The summed E-state index contributed by atoms with van der Waals surface area (Å²) in [6.45, 7) is 8.13. The highest BCUT2D eigenvalue weighted by molar-refractivity contribution is 5.84. The molecule has 30 heavy (non-hydrogen) atoms. The molecular formula is C23H35NO6. The molecule has 4 aliphatic rings. The first-order valence-electron chi connectivity index (χ1n) is 11.6. The summed E-state index contributed by atoms with van der Waals surface area (Å²) in [6, 6.07) is -0.603. The van der Waals surface area contributed by atoms with Crippen LogP contribution in [-0.2, 0) is 19.1 Å². The zero-order valence-corrected chi connectivity index (χ0v) is 18.6. The Morgan fingerprint density at radius 2 is 1.90 bits per heavy atom. The molecule has 0 aliphatic heterocycles. The molecule has 0 spiro atoms. The molecule has 0 radical (unpaired) electrons. The lowest BCUT2D eigenvalue weighted by Crippen LogP contribution is -2.61. The second kappa shape index (κ2) is 7.57. The zero-order valence-electron chi connectivity index (χ0n) is 18.6. The van der Waals surface area contributed by atoms with Crippen LogP contribution in [0.2, 0.25) is 0 Å². The van der Waals surface area contributed by atoms with Gasteiger partial charge in [0.05, 0.1) is 6.10 Å². The lowest BCUT2D eigenvalue weighted by atomic mass is 9.44. The minimum atomic E-state index is -0.603. The summed E-state index contributed by atoms with van der Waals surface area (Å²) in [4.78, 5) is 36.8. The Morgan fingerprint density at radius 3 is 2.53 bits per heavy atom. The van der Waals surface area contributed by atoms with Gasteiger partial charge in [-0.25, -0.2) is 0 Å². The van der Waals surface area contributed by atoms with E-state index in [0.717, 1.165) is 25.7 Å². The molecule has 168 valence electrons. The van der Waals surface area contributed by atoms with Crippen molar-refractivity contribution < 1.29 is 24.0 Å². The van der Waals surface area contributed by atoms with Gasteiger partial charge in [-0.2, -0.15) is 0 Å². The van der Waals surface area contributed by atoms with Gasteiger partial charge >= 0.3 is 5.97 Å². The maximum Gasteiger partial charge on any atom is 0.302 e. The van der Waals surface area contributed by atoms with E-state index in [1.54, 1.807) is 0 Å². The number of Topliss-reactive ketones (excluding diaryl/α,β-unsaturated/α-hetero) is 1. The quantitative estimate of drug-likeness (QED) is 0.389. The normalized spacial score (nSPS) is 47.7. The first-order chi connectivity index (χ1) is 14.1. The molecule has 0 bridgehead atoms. The number of hydrogen-bond acceptors (Lipinski definition) is 6. The van der Waals surface area contributed by atoms with E-state index in [0.29, 0.717) is 31.8 Å². The molecule has 0 aromatic carbocycles. The minimum absolute atomic E-state index is 0.0685. The summed E-state index contributed by atoms with van der Waals surface area (Å²) in [6.07, 6.45) is 4.66. The van der Waals surface area contributed by atoms with Crippen LogP contribution in [0, 0.1) is 44.6 Å². The van der Waals surface area contributed by atoms with E-state index in [-0.39, 0.29) is 52.1 Å². The van der Waals surface area contributed by atoms with Crippen LogP contribution in [0.4, 0.5) is 0 Å². The first kappa shape index (κ1) is 21.7. The summed E-state index contributed by atoms with van der Waals surface area (Å²) in [5.41, 5.74) is -0.719. The topological polar surface area (TPSA) is 95.7 Å². The first-order valence-corrected chi connectivity index (χ1v) is 11.6. The number of ether oxygens (including phenoxy) is 2. The van der Waals surface area contributed by atoms with Crippen LogP contribution in [0.25, 0.3) is 0 Å². The van der Waals surface area contributed by atoms with Crippen LogP contribution < -0.4 is 0 Å². The van der Waals surface area contributed by atoms with Crippen LogP contribution in [0.3, 0.4) is 0 Å². The molecule has 7 heteroatoms. The van der Waals surface area contributed by atoms with E-state index in [4.69, 9.17) is 9.47 Å². The van der Waals surface area contributed by atoms with Crippen molar-refractivity contribution in [1.82, 2.24) is 0 Å². The highest BCUT2D eigenvalue weighted by Gasteiger charge is 2.66. The monoisotopic (exact) mass is 421 g/mol. The molecule has 0 saturated heterocycles. The van der Waals surface area contributed by atoms with Gasteiger partial charge in [0.1, 0.15) is 11.9 Å². The Balaban J connectivity index is 1.64. The van der Waals surface area contributed by atoms with Gasteiger partial charge in [-0.1, -0.05) is 13.8 Å². The van der Waals surface area contributed by atoms with Crippen molar-refractivity contribution in [2.24, 2.45) is 34.5 Å². The van der Waals surface area contributed by atoms with Crippen molar-refractivity contribution in [3.05, 3.63) is 10.1 Å². The molecule has 4 rings (SSSR count).